The number of amides is 2. The molecule has 0 spiro atoms. The third-order valence-electron chi connectivity index (χ3n) is 7.17. The van der Waals surface area contributed by atoms with Gasteiger partial charge in [0.25, 0.3) is 0 Å². The predicted octanol–water partition coefficient (Wildman–Crippen LogP) is 7.42. The maximum absolute atomic E-state index is 12.3. The molecule has 0 aliphatic carbocycles. The maximum atomic E-state index is 12.3. The molecule has 0 aromatic heterocycles. The van der Waals surface area contributed by atoms with Crippen molar-refractivity contribution in [2.45, 2.75) is 138 Å². The van der Waals surface area contributed by atoms with Crippen LogP contribution in [0.2, 0.25) is 0 Å². The van der Waals surface area contributed by atoms with E-state index in [9.17, 15) is 29.1 Å². The van der Waals surface area contributed by atoms with E-state index in [1.165, 1.54) is 40.9 Å². The van der Waals surface area contributed by atoms with Crippen molar-refractivity contribution in [3.8, 4) is 0 Å². The van der Waals surface area contributed by atoms with Crippen LogP contribution in [0.25, 0.3) is 0 Å². The van der Waals surface area contributed by atoms with Crippen molar-refractivity contribution < 1.29 is 72.1 Å². The zero-order chi connectivity index (χ0) is 35.3. The average Bonchev–Trinajstić information content (AvgIpc) is 3.82. The van der Waals surface area contributed by atoms with Gasteiger partial charge in [-0.25, -0.2) is 11.1 Å². The molecule has 6 N–H and O–H groups in total. The van der Waals surface area contributed by atoms with E-state index in [2.05, 4.69) is 26.7 Å². The van der Waals surface area contributed by atoms with Gasteiger partial charge in [0.05, 0.1) is 5.08 Å². The van der Waals surface area contributed by atoms with Crippen LogP contribution in [-0.2, 0) is 56.7 Å². The molecule has 1 fully saturated rings. The van der Waals surface area contributed by atoms with E-state index in [4.69, 9.17) is 10.3 Å². The zero-order valence-corrected chi connectivity index (χ0v) is 35.5. The summed E-state index contributed by atoms with van der Waals surface area (Å²) in [5.41, 5.74) is 2.34. The Hall–Kier alpha value is 0.184. The number of carboxylic acids is 2. The number of rotatable bonds is 34. The molecule has 0 unspecified atom stereocenters. The fraction of sp³-hybridized carbons (Fsp3) is 0.767. The third-order valence-corrected chi connectivity index (χ3v) is 15.9. The van der Waals surface area contributed by atoms with Crippen LogP contribution in [0.15, 0.2) is 5.16 Å². The Bertz CT molecular complexity index is 971. The minimum atomic E-state index is -1.16. The van der Waals surface area contributed by atoms with Crippen LogP contribution >= 0.6 is 64.8 Å². The smallest absolute Gasteiger partial charge is 0.326 e. The molecule has 2 radical (unpaired) electrons. The normalized spacial score (nSPS) is 14.4. The molecule has 49 heavy (non-hydrogen) atoms. The number of hydrogen-bond donors (Lipinski definition) is 6. The number of nitrogens with one attached hydrogen (secondary N) is 3. The van der Waals surface area contributed by atoms with Crippen LogP contribution in [0, 0.1) is 5.08 Å². The summed E-state index contributed by atoms with van der Waals surface area (Å²) < 4.78 is -0.317. The van der Waals surface area contributed by atoms with Crippen LogP contribution in [-0.4, -0.2) is 73.2 Å². The molecule has 12 nitrogen and oxygen atoms in total. The van der Waals surface area contributed by atoms with Crippen LogP contribution < -0.4 is 16.0 Å². The fourth-order valence-electron chi connectivity index (χ4n) is 4.59. The Balaban J connectivity index is 0.0000230. The SMILES string of the molecule is O=[C-][C@H](CCCCNC(=O)CC[C@H](NC(=O)CCCCCCCCCCCCCCC(=O)O)C(=O)O)NC1(SS[CH]SS[C-]=NO)SS1.[Y]. The summed E-state index contributed by atoms with van der Waals surface area (Å²) in [5.74, 6) is -2.48. The number of carbonyl (C=O) groups excluding carboxylic acids is 3. The Kier molecular flexibility index (Phi) is 32.9. The topological polar surface area (TPSA) is 194 Å². The summed E-state index contributed by atoms with van der Waals surface area (Å²) >= 11 is 0. The standard InChI is InChI=1S/C30H49N4O8S6.Y/c35-21-24(34-30(47-48-30)46-45-23-44-43-22-32-42)15-13-14-20-31-26(36)19-18-25(29(40)41)33-27(37)16-11-9-7-5-3-1-2-4-6-8-10-12-17-28(38)39;/h23-25,34,42H,1-20H2,(H,31,36)(H,33,37)(H,38,39)(H,40,41);/q-2;/t24-,25-;/m0./s1. The monoisotopic (exact) mass is 874 g/mol. The molecular weight excluding hydrogens is 826 g/mol. The van der Waals surface area contributed by atoms with Crippen molar-refractivity contribution in [2.24, 2.45) is 5.16 Å². The Labute approximate surface area is 339 Å². The molecule has 0 aromatic rings. The van der Waals surface area contributed by atoms with Gasteiger partial charge >= 0.3 is 11.9 Å². The van der Waals surface area contributed by atoms with E-state index in [1.807, 2.05) is 11.4 Å². The maximum Gasteiger partial charge on any atom is 0.326 e. The molecule has 1 rings (SSSR count). The number of aliphatic carboxylic acids is 2. The Morgan fingerprint density at radius 2 is 1.37 bits per heavy atom. The molecular formula is C30H49N4O8S6Y-2. The van der Waals surface area contributed by atoms with E-state index < -0.39 is 24.0 Å². The van der Waals surface area contributed by atoms with Crippen LogP contribution in [0.3, 0.4) is 0 Å². The molecule has 1 aliphatic rings. The first-order chi connectivity index (χ1) is 23.2. The summed E-state index contributed by atoms with van der Waals surface area (Å²) in [6, 6.07) is -1.55. The van der Waals surface area contributed by atoms with E-state index in [1.54, 1.807) is 32.4 Å². The van der Waals surface area contributed by atoms with Gasteiger partial charge in [0.2, 0.25) is 11.8 Å². The van der Waals surface area contributed by atoms with Gasteiger partial charge in [-0.3, -0.25) is 30.7 Å². The van der Waals surface area contributed by atoms with E-state index in [0.717, 1.165) is 62.2 Å². The van der Waals surface area contributed by atoms with Crippen molar-refractivity contribution in [2.75, 3.05) is 6.54 Å². The molecule has 1 heterocycles. The van der Waals surface area contributed by atoms with E-state index in [0.29, 0.717) is 32.2 Å². The minimum absolute atomic E-state index is 0. The summed E-state index contributed by atoms with van der Waals surface area (Å²) in [4.78, 5) is 58.2. The molecule has 0 bridgehead atoms. The quantitative estimate of drug-likeness (QED) is 0.00430. The second kappa shape index (κ2) is 32.8. The number of unbranched alkanes of at least 4 members (excludes halogenated alkanes) is 12. The first kappa shape index (κ1) is 49.2. The molecule has 0 aromatic carbocycles. The largest absolute Gasteiger partial charge is 0.540 e. The van der Waals surface area contributed by atoms with Gasteiger partial charge in [-0.15, -0.1) is 10.8 Å². The van der Waals surface area contributed by atoms with Gasteiger partial charge in [-0.2, -0.15) is 0 Å². The van der Waals surface area contributed by atoms with Crippen LogP contribution in [0.4, 0.5) is 0 Å². The molecule has 278 valence electrons. The predicted molar refractivity (Wildman–Crippen MR) is 202 cm³/mol. The molecule has 0 saturated carbocycles. The summed E-state index contributed by atoms with van der Waals surface area (Å²) in [5, 5.41) is 39.8. The van der Waals surface area contributed by atoms with E-state index in [-0.39, 0.29) is 73.7 Å². The molecule has 19 heteroatoms. The van der Waals surface area contributed by atoms with Crippen molar-refractivity contribution in [1.29, 1.82) is 0 Å². The van der Waals surface area contributed by atoms with Crippen LogP contribution in [0.5, 0.6) is 0 Å². The second-order valence-corrected chi connectivity index (χ2v) is 18.9. The van der Waals surface area contributed by atoms with Crippen molar-refractivity contribution in [1.82, 2.24) is 16.0 Å². The number of nitrogens with zero attached hydrogens (tertiary/aromatic N) is 1. The average molecular weight is 875 g/mol. The summed E-state index contributed by atoms with van der Waals surface area (Å²) in [6.45, 7) is 0.405. The summed E-state index contributed by atoms with van der Waals surface area (Å²) in [6.07, 6.45) is 16.9. The Morgan fingerprint density at radius 1 is 0.776 bits per heavy atom. The van der Waals surface area contributed by atoms with Crippen LogP contribution in [0.1, 0.15) is 122 Å². The van der Waals surface area contributed by atoms with Crippen molar-refractivity contribution in [3.05, 3.63) is 5.08 Å². The van der Waals surface area contributed by atoms with E-state index >= 15 is 0 Å². The number of carbonyl (C=O) groups is 4. The molecule has 2 amide bonds. The van der Waals surface area contributed by atoms with Gasteiger partial charge in [-0.1, -0.05) is 93.9 Å². The van der Waals surface area contributed by atoms with Gasteiger partial charge in [-0.05, 0) is 58.1 Å². The Morgan fingerprint density at radius 3 is 1.90 bits per heavy atom. The van der Waals surface area contributed by atoms with Gasteiger partial charge < -0.3 is 41.3 Å². The second-order valence-electron chi connectivity index (χ2n) is 11.2. The first-order valence-corrected chi connectivity index (χ1v) is 22.9. The molecule has 1 aliphatic heterocycles. The number of carboxylic acid groups (broad SMARTS) is 2. The first-order valence-electron chi connectivity index (χ1n) is 16.3. The minimum Gasteiger partial charge on any atom is -0.540 e. The number of hydrogen-bond acceptors (Lipinski definition) is 14. The van der Waals surface area contributed by atoms with Gasteiger partial charge in [0, 0.05) is 58.5 Å². The molecule has 2 atom stereocenters. The third kappa shape index (κ3) is 29.3. The summed E-state index contributed by atoms with van der Waals surface area (Å²) in [7, 11) is 8.84. The van der Waals surface area contributed by atoms with Crippen molar-refractivity contribution in [3.63, 3.8) is 0 Å². The van der Waals surface area contributed by atoms with Crippen molar-refractivity contribution >= 4 is 100 Å². The van der Waals surface area contributed by atoms with Gasteiger partial charge in [0.15, 0.2) is 3.54 Å². The van der Waals surface area contributed by atoms with Gasteiger partial charge in [0.1, 0.15) is 6.04 Å². The fourth-order valence-corrected chi connectivity index (χ4v) is 12.2. The molecule has 1 saturated heterocycles. The zero-order valence-electron chi connectivity index (χ0n) is 27.7.